The number of thioether (sulfide) groups is 1. The summed E-state index contributed by atoms with van der Waals surface area (Å²) in [5.74, 6) is 2.41. The number of carbonyl (C=O) groups is 1. The largest absolute Gasteiger partial charge is 0.358 e. The van der Waals surface area contributed by atoms with Gasteiger partial charge in [0.1, 0.15) is 0 Å². The van der Waals surface area contributed by atoms with Gasteiger partial charge in [-0.25, -0.2) is 0 Å². The molecule has 0 saturated heterocycles. The summed E-state index contributed by atoms with van der Waals surface area (Å²) in [6.45, 7) is 3.52. The molecule has 0 spiro atoms. The summed E-state index contributed by atoms with van der Waals surface area (Å²) in [7, 11) is 1.65. The first-order chi connectivity index (χ1) is 5.81. The molecule has 0 aliphatic rings. The zero-order valence-electron chi connectivity index (χ0n) is 7.85. The van der Waals surface area contributed by atoms with E-state index in [1.54, 1.807) is 7.05 Å². The second-order valence-electron chi connectivity index (χ2n) is 2.40. The molecule has 0 aliphatic heterocycles. The van der Waals surface area contributed by atoms with Crippen molar-refractivity contribution in [1.29, 1.82) is 0 Å². The first kappa shape index (κ1) is 11.8. The van der Waals surface area contributed by atoms with Crippen LogP contribution in [0.3, 0.4) is 0 Å². The van der Waals surface area contributed by atoms with Gasteiger partial charge in [-0.1, -0.05) is 6.92 Å². The van der Waals surface area contributed by atoms with Crippen LogP contribution in [0.25, 0.3) is 0 Å². The number of rotatable bonds is 7. The molecule has 0 unspecified atom stereocenters. The quantitative estimate of drug-likeness (QED) is 0.573. The molecule has 0 atom stereocenters. The Kier molecular flexibility index (Phi) is 8.71. The molecule has 0 aliphatic carbocycles. The van der Waals surface area contributed by atoms with Crippen LogP contribution in [0, 0.1) is 0 Å². The Balaban J connectivity index is 2.95. The lowest BCUT2D eigenvalue weighted by Crippen LogP contribution is -2.31. The molecule has 12 heavy (non-hydrogen) atoms. The highest BCUT2D eigenvalue weighted by atomic mass is 32.2. The third-order valence-electron chi connectivity index (χ3n) is 1.41. The van der Waals surface area contributed by atoms with E-state index in [-0.39, 0.29) is 5.91 Å². The van der Waals surface area contributed by atoms with Gasteiger partial charge in [-0.2, -0.15) is 11.8 Å². The van der Waals surface area contributed by atoms with Crippen molar-refractivity contribution in [2.45, 2.75) is 13.3 Å². The van der Waals surface area contributed by atoms with Gasteiger partial charge in [-0.05, 0) is 24.5 Å². The van der Waals surface area contributed by atoms with E-state index in [0.29, 0.717) is 6.54 Å². The van der Waals surface area contributed by atoms with Crippen molar-refractivity contribution in [3.05, 3.63) is 0 Å². The Morgan fingerprint density at radius 3 is 2.83 bits per heavy atom. The minimum absolute atomic E-state index is 0.0538. The molecule has 0 heterocycles. The highest BCUT2D eigenvalue weighted by Gasteiger charge is 1.94. The van der Waals surface area contributed by atoms with Crippen LogP contribution in [0.15, 0.2) is 0 Å². The Labute approximate surface area is 78.7 Å². The van der Waals surface area contributed by atoms with Crippen LogP contribution in [-0.2, 0) is 4.79 Å². The average Bonchev–Trinajstić information content (AvgIpc) is 2.10. The van der Waals surface area contributed by atoms with Crippen LogP contribution in [0.1, 0.15) is 13.3 Å². The van der Waals surface area contributed by atoms with Crippen LogP contribution in [0.5, 0.6) is 0 Å². The first-order valence-electron chi connectivity index (χ1n) is 4.30. The van der Waals surface area contributed by atoms with Crippen LogP contribution in [0.2, 0.25) is 0 Å². The minimum Gasteiger partial charge on any atom is -0.358 e. The maximum absolute atomic E-state index is 10.7. The SMILES string of the molecule is CCSCCCNCC(=O)NC. The molecule has 4 heteroatoms. The first-order valence-corrected chi connectivity index (χ1v) is 5.45. The molecule has 72 valence electrons. The molecule has 0 rings (SSSR count). The van der Waals surface area contributed by atoms with E-state index in [2.05, 4.69) is 17.6 Å². The highest BCUT2D eigenvalue weighted by molar-refractivity contribution is 7.99. The highest BCUT2D eigenvalue weighted by Crippen LogP contribution is 1.98. The second-order valence-corrected chi connectivity index (χ2v) is 3.79. The van der Waals surface area contributed by atoms with E-state index < -0.39 is 0 Å². The van der Waals surface area contributed by atoms with Crippen LogP contribution < -0.4 is 10.6 Å². The van der Waals surface area contributed by atoms with Gasteiger partial charge >= 0.3 is 0 Å². The maximum atomic E-state index is 10.7. The molecule has 2 N–H and O–H groups in total. The number of hydrogen-bond acceptors (Lipinski definition) is 3. The summed E-state index contributed by atoms with van der Waals surface area (Å²) in [5.41, 5.74) is 0. The third-order valence-corrected chi connectivity index (χ3v) is 2.40. The van der Waals surface area contributed by atoms with E-state index in [1.807, 2.05) is 11.8 Å². The molecule has 0 aromatic carbocycles. The average molecular weight is 190 g/mol. The topological polar surface area (TPSA) is 41.1 Å². The number of amides is 1. The summed E-state index contributed by atoms with van der Waals surface area (Å²) in [5, 5.41) is 5.63. The zero-order chi connectivity index (χ0) is 9.23. The molecule has 3 nitrogen and oxygen atoms in total. The molecule has 1 amide bonds. The van der Waals surface area contributed by atoms with Gasteiger partial charge < -0.3 is 10.6 Å². The molecular formula is C8H18N2OS. The molecule has 0 radical (unpaired) electrons. The number of hydrogen-bond donors (Lipinski definition) is 2. The molecule has 0 aromatic heterocycles. The smallest absolute Gasteiger partial charge is 0.233 e. The van der Waals surface area contributed by atoms with Gasteiger partial charge in [0, 0.05) is 7.05 Å². The number of likely N-dealkylation sites (N-methyl/N-ethyl adjacent to an activating group) is 1. The van der Waals surface area contributed by atoms with Crippen molar-refractivity contribution in [2.24, 2.45) is 0 Å². The van der Waals surface area contributed by atoms with Crippen molar-refractivity contribution in [3.8, 4) is 0 Å². The normalized spacial score (nSPS) is 9.83. The van der Waals surface area contributed by atoms with Crippen LogP contribution in [-0.4, -0.2) is 37.6 Å². The summed E-state index contributed by atoms with van der Waals surface area (Å²) in [6.07, 6.45) is 1.13. The Bertz CT molecular complexity index is 120. The van der Waals surface area contributed by atoms with Gasteiger partial charge in [0.05, 0.1) is 6.54 Å². The monoisotopic (exact) mass is 190 g/mol. The van der Waals surface area contributed by atoms with Crippen molar-refractivity contribution >= 4 is 17.7 Å². The Hall–Kier alpha value is -0.220. The van der Waals surface area contributed by atoms with E-state index in [0.717, 1.165) is 13.0 Å². The fraction of sp³-hybridized carbons (Fsp3) is 0.875. The van der Waals surface area contributed by atoms with Crippen molar-refractivity contribution in [2.75, 3.05) is 31.6 Å². The Morgan fingerprint density at radius 1 is 1.50 bits per heavy atom. The predicted molar refractivity (Wildman–Crippen MR) is 54.6 cm³/mol. The maximum Gasteiger partial charge on any atom is 0.233 e. The number of nitrogens with one attached hydrogen (secondary N) is 2. The van der Waals surface area contributed by atoms with Crippen LogP contribution in [0.4, 0.5) is 0 Å². The fourth-order valence-electron chi connectivity index (χ4n) is 0.734. The van der Waals surface area contributed by atoms with Crippen LogP contribution >= 0.6 is 11.8 Å². The van der Waals surface area contributed by atoms with Gasteiger partial charge in [0.15, 0.2) is 0 Å². The van der Waals surface area contributed by atoms with Gasteiger partial charge in [0.25, 0.3) is 0 Å². The summed E-state index contributed by atoms with van der Waals surface area (Å²) in [4.78, 5) is 10.7. The van der Waals surface area contributed by atoms with Gasteiger partial charge in [-0.15, -0.1) is 0 Å². The van der Waals surface area contributed by atoms with E-state index in [9.17, 15) is 4.79 Å². The lowest BCUT2D eigenvalue weighted by atomic mass is 10.4. The minimum atomic E-state index is 0.0538. The Morgan fingerprint density at radius 2 is 2.25 bits per heavy atom. The molecule has 0 saturated carbocycles. The molecule has 0 fully saturated rings. The lowest BCUT2D eigenvalue weighted by Gasteiger charge is -2.02. The fourth-order valence-corrected chi connectivity index (χ4v) is 1.37. The zero-order valence-corrected chi connectivity index (χ0v) is 8.67. The predicted octanol–water partition coefficient (Wildman–Crippen LogP) is 0.465. The summed E-state index contributed by atoms with van der Waals surface area (Å²) < 4.78 is 0. The summed E-state index contributed by atoms with van der Waals surface area (Å²) in [6, 6.07) is 0. The number of carbonyl (C=O) groups excluding carboxylic acids is 1. The molecular weight excluding hydrogens is 172 g/mol. The van der Waals surface area contributed by atoms with E-state index >= 15 is 0 Å². The third kappa shape index (κ3) is 7.88. The van der Waals surface area contributed by atoms with Gasteiger partial charge in [-0.3, -0.25) is 4.79 Å². The van der Waals surface area contributed by atoms with E-state index in [4.69, 9.17) is 0 Å². The second kappa shape index (κ2) is 8.87. The lowest BCUT2D eigenvalue weighted by molar-refractivity contribution is -0.119. The van der Waals surface area contributed by atoms with Crippen molar-refractivity contribution in [3.63, 3.8) is 0 Å². The van der Waals surface area contributed by atoms with E-state index in [1.165, 1.54) is 11.5 Å². The summed E-state index contributed by atoms with van der Waals surface area (Å²) >= 11 is 1.93. The van der Waals surface area contributed by atoms with Crippen molar-refractivity contribution < 1.29 is 4.79 Å². The molecule has 0 bridgehead atoms. The molecule has 0 aromatic rings. The van der Waals surface area contributed by atoms with Gasteiger partial charge in [0.2, 0.25) is 5.91 Å². The van der Waals surface area contributed by atoms with Crippen molar-refractivity contribution in [1.82, 2.24) is 10.6 Å². The standard InChI is InChI=1S/C8H18N2OS/c1-3-12-6-4-5-10-7-8(11)9-2/h10H,3-7H2,1-2H3,(H,9,11).